The maximum Gasteiger partial charge on any atom is 0.335 e. The van der Waals surface area contributed by atoms with Gasteiger partial charge in [-0.1, -0.05) is 54.2 Å². The van der Waals surface area contributed by atoms with Crippen LogP contribution in [0.5, 0.6) is 5.75 Å². The number of hydrogen-bond acceptors (Lipinski definition) is 7. The number of benzene rings is 4. The van der Waals surface area contributed by atoms with Gasteiger partial charge in [-0.15, -0.1) is 11.3 Å². The Morgan fingerprint density at radius 2 is 1.68 bits per heavy atom. The number of carbonyl (C=O) groups is 1. The molecule has 5 rings (SSSR count). The van der Waals surface area contributed by atoms with Crippen molar-refractivity contribution in [3.8, 4) is 5.75 Å². The van der Waals surface area contributed by atoms with Gasteiger partial charge in [-0.05, 0) is 36.4 Å². The van der Waals surface area contributed by atoms with Crippen molar-refractivity contribution < 1.29 is 23.4 Å². The number of aromatic hydroxyl groups is 1. The quantitative estimate of drug-likeness (QED) is 0.248. The van der Waals surface area contributed by atoms with Crippen LogP contribution in [0.15, 0.2) is 93.0 Å². The minimum absolute atomic E-state index is 0.0238. The molecule has 0 aliphatic heterocycles. The van der Waals surface area contributed by atoms with E-state index in [9.17, 15) is 23.4 Å². The number of carboxylic acid groups (broad SMARTS) is 1. The summed E-state index contributed by atoms with van der Waals surface area (Å²) in [6, 6.07) is 21.3. The first-order valence-electron chi connectivity index (χ1n) is 9.96. The van der Waals surface area contributed by atoms with E-state index in [1.165, 1.54) is 41.3 Å². The fourth-order valence-electron chi connectivity index (χ4n) is 3.49. The van der Waals surface area contributed by atoms with E-state index in [0.29, 0.717) is 20.0 Å². The molecule has 1 aromatic heterocycles. The van der Waals surface area contributed by atoms with Gasteiger partial charge in [0.25, 0.3) is 10.0 Å². The molecule has 0 radical (unpaired) electrons. The predicted molar refractivity (Wildman–Crippen MR) is 134 cm³/mol. The smallest absolute Gasteiger partial charge is 0.335 e. The normalized spacial score (nSPS) is 11.6. The van der Waals surface area contributed by atoms with E-state index in [-0.39, 0.29) is 21.9 Å². The Hall–Kier alpha value is -3.60. The number of nitrogens with one attached hydrogen (secondary N) is 1. The van der Waals surface area contributed by atoms with Crippen LogP contribution in [0.3, 0.4) is 0 Å². The molecule has 34 heavy (non-hydrogen) atoms. The van der Waals surface area contributed by atoms with Crippen molar-refractivity contribution in [1.29, 1.82) is 0 Å². The van der Waals surface area contributed by atoms with Crippen LogP contribution < -0.4 is 4.72 Å². The van der Waals surface area contributed by atoms with E-state index in [2.05, 4.69) is 9.71 Å². The number of sulfonamides is 1. The van der Waals surface area contributed by atoms with E-state index < -0.39 is 16.0 Å². The van der Waals surface area contributed by atoms with Crippen LogP contribution in [0.2, 0.25) is 0 Å². The molecule has 0 aliphatic rings. The topological polar surface area (TPSA) is 117 Å². The van der Waals surface area contributed by atoms with Gasteiger partial charge in [0.05, 0.1) is 31.3 Å². The monoisotopic (exact) mass is 508 g/mol. The summed E-state index contributed by atoms with van der Waals surface area (Å²) in [7, 11) is -4.10. The Morgan fingerprint density at radius 1 is 0.941 bits per heavy atom. The fourth-order valence-corrected chi connectivity index (χ4v) is 6.72. The lowest BCUT2D eigenvalue weighted by atomic mass is 10.1. The van der Waals surface area contributed by atoms with Gasteiger partial charge in [-0.2, -0.15) is 0 Å². The number of carboxylic acids is 1. The number of nitrogens with zero attached hydrogens (tertiary/aromatic N) is 1. The van der Waals surface area contributed by atoms with Crippen molar-refractivity contribution in [1.82, 2.24) is 4.98 Å². The molecule has 7 nitrogen and oxygen atoms in total. The second-order valence-corrected chi connectivity index (χ2v) is 11.3. The molecule has 5 aromatic rings. The lowest BCUT2D eigenvalue weighted by molar-refractivity contribution is 0.0696. The Morgan fingerprint density at radius 3 is 2.44 bits per heavy atom. The van der Waals surface area contributed by atoms with E-state index in [0.717, 1.165) is 16.3 Å². The number of aromatic nitrogens is 1. The summed E-state index contributed by atoms with van der Waals surface area (Å²) in [4.78, 5) is 16.1. The first-order valence-corrected chi connectivity index (χ1v) is 13.1. The molecule has 0 unspecified atom stereocenters. The summed E-state index contributed by atoms with van der Waals surface area (Å²) >= 11 is 2.71. The number of thiazole rings is 1. The number of fused-ring (bicyclic) bond motifs is 2. The van der Waals surface area contributed by atoms with Crippen LogP contribution in [0.25, 0.3) is 21.0 Å². The molecule has 3 N–H and O–H groups in total. The molecule has 4 aromatic carbocycles. The molecule has 0 aliphatic carbocycles. The molecule has 170 valence electrons. The number of phenolic OH excluding ortho intramolecular Hbond substituents is 1. The molecule has 0 atom stereocenters. The minimum Gasteiger partial charge on any atom is -0.506 e. The summed E-state index contributed by atoms with van der Waals surface area (Å²) < 4.78 is 30.5. The van der Waals surface area contributed by atoms with Crippen LogP contribution in [0, 0.1) is 0 Å². The van der Waals surface area contributed by atoms with Gasteiger partial charge in [0, 0.05) is 10.8 Å². The Bertz CT molecular complexity index is 1650. The average Bonchev–Trinajstić information content (AvgIpc) is 3.24. The first kappa shape index (κ1) is 22.2. The molecule has 0 saturated heterocycles. The van der Waals surface area contributed by atoms with E-state index >= 15 is 0 Å². The van der Waals surface area contributed by atoms with Crippen LogP contribution >= 0.6 is 23.1 Å². The van der Waals surface area contributed by atoms with Gasteiger partial charge >= 0.3 is 5.97 Å². The highest BCUT2D eigenvalue weighted by Gasteiger charge is 2.20. The third-order valence-corrected chi connectivity index (χ3v) is 8.58. The zero-order chi connectivity index (χ0) is 23.9. The number of anilines is 1. The third-order valence-electron chi connectivity index (χ3n) is 5.09. The number of aromatic carboxylic acids is 1. The molecule has 0 fully saturated rings. The second-order valence-electron chi connectivity index (χ2n) is 7.30. The van der Waals surface area contributed by atoms with Crippen molar-refractivity contribution in [2.45, 2.75) is 14.1 Å². The fraction of sp³-hybridized carbons (Fsp3) is 0. The molecule has 0 bridgehead atoms. The highest BCUT2D eigenvalue weighted by atomic mass is 32.2. The molecular weight excluding hydrogens is 492 g/mol. The van der Waals surface area contributed by atoms with Gasteiger partial charge in [0.15, 0.2) is 4.34 Å². The third kappa shape index (κ3) is 4.18. The summed E-state index contributed by atoms with van der Waals surface area (Å²) in [5, 5.41) is 21.1. The summed E-state index contributed by atoms with van der Waals surface area (Å²) in [6.45, 7) is 0. The van der Waals surface area contributed by atoms with Crippen LogP contribution in [-0.4, -0.2) is 29.6 Å². The molecule has 0 saturated carbocycles. The van der Waals surface area contributed by atoms with E-state index in [1.807, 2.05) is 24.3 Å². The SMILES string of the molecule is O=C(O)c1cccc(S(=O)(=O)Nc2cc(Sc3nc4ccccc4s3)c(O)c3ccccc23)c1. The molecule has 1 heterocycles. The maximum atomic E-state index is 13.1. The Balaban J connectivity index is 1.58. The Labute approximate surface area is 202 Å². The largest absolute Gasteiger partial charge is 0.506 e. The molecule has 0 amide bonds. The van der Waals surface area contributed by atoms with Gasteiger partial charge in [-0.3, -0.25) is 4.72 Å². The predicted octanol–water partition coefficient (Wildman–Crippen LogP) is 5.81. The second kappa shape index (κ2) is 8.64. The van der Waals surface area contributed by atoms with Crippen molar-refractivity contribution in [2.75, 3.05) is 4.72 Å². The van der Waals surface area contributed by atoms with Crippen molar-refractivity contribution in [2.24, 2.45) is 0 Å². The van der Waals surface area contributed by atoms with Crippen LogP contribution in [0.1, 0.15) is 10.4 Å². The van der Waals surface area contributed by atoms with Gasteiger partial charge in [0.1, 0.15) is 5.75 Å². The number of para-hydroxylation sites is 1. The van der Waals surface area contributed by atoms with Gasteiger partial charge in [-0.25, -0.2) is 18.2 Å². The van der Waals surface area contributed by atoms with Crippen molar-refractivity contribution in [3.63, 3.8) is 0 Å². The van der Waals surface area contributed by atoms with E-state index in [1.54, 1.807) is 30.3 Å². The van der Waals surface area contributed by atoms with E-state index in [4.69, 9.17) is 0 Å². The zero-order valence-electron chi connectivity index (χ0n) is 17.3. The summed E-state index contributed by atoms with van der Waals surface area (Å²) in [5.74, 6) is -1.20. The number of phenols is 1. The number of hydrogen-bond donors (Lipinski definition) is 3. The lowest BCUT2D eigenvalue weighted by Gasteiger charge is -2.14. The van der Waals surface area contributed by atoms with Crippen LogP contribution in [-0.2, 0) is 10.0 Å². The summed E-state index contributed by atoms with van der Waals surface area (Å²) in [5.41, 5.74) is 0.970. The Kier molecular flexibility index (Phi) is 5.64. The van der Waals surface area contributed by atoms with Gasteiger partial charge in [0.2, 0.25) is 0 Å². The highest BCUT2D eigenvalue weighted by molar-refractivity contribution is 8.01. The lowest BCUT2D eigenvalue weighted by Crippen LogP contribution is -2.14. The van der Waals surface area contributed by atoms with Crippen LogP contribution in [0.4, 0.5) is 5.69 Å². The zero-order valence-corrected chi connectivity index (χ0v) is 19.7. The standard InChI is InChI=1S/C24H16N2O5S3/c27-22-17-9-2-1-8-16(17)19(26-34(30,31)15-7-5-6-14(12-15)23(28)29)13-21(22)33-24-25-18-10-3-4-11-20(18)32-24/h1-13,26-27H,(H,28,29). The maximum absolute atomic E-state index is 13.1. The molecule has 10 heteroatoms. The summed E-state index contributed by atoms with van der Waals surface area (Å²) in [6.07, 6.45) is 0. The highest BCUT2D eigenvalue weighted by Crippen LogP contribution is 2.44. The van der Waals surface area contributed by atoms with Crippen molar-refractivity contribution in [3.05, 3.63) is 84.4 Å². The van der Waals surface area contributed by atoms with Crippen molar-refractivity contribution >= 4 is 65.8 Å². The first-order chi connectivity index (χ1) is 16.3. The minimum atomic E-state index is -4.10. The van der Waals surface area contributed by atoms with Gasteiger partial charge < -0.3 is 10.2 Å². The molecular formula is C24H16N2O5S3. The number of rotatable bonds is 6. The average molecular weight is 509 g/mol. The molecule has 0 spiro atoms.